The van der Waals surface area contributed by atoms with Crippen LogP contribution in [0.3, 0.4) is 0 Å². The Morgan fingerprint density at radius 1 is 0.714 bits per heavy atom. The number of hydrogen-bond donors (Lipinski definition) is 0. The van der Waals surface area contributed by atoms with Gasteiger partial charge in [-0.05, 0) is 52.4 Å². The number of thiophene rings is 1. The highest BCUT2D eigenvalue weighted by molar-refractivity contribution is 7.22. The minimum atomic E-state index is 1.21. The number of aromatic nitrogens is 2. The van der Waals surface area contributed by atoms with E-state index in [-0.39, 0.29) is 0 Å². The lowest BCUT2D eigenvalue weighted by Gasteiger charge is -2.02. The number of hydrogen-bond acceptors (Lipinski definition) is 3. The zero-order chi connectivity index (χ0) is 14.1. The first-order valence-electron chi connectivity index (χ1n) is 6.75. The summed E-state index contributed by atoms with van der Waals surface area (Å²) in [4.78, 5) is 9.46. The Morgan fingerprint density at radius 3 is 2.10 bits per heavy atom. The number of fused-ring (bicyclic) bond motifs is 1. The van der Waals surface area contributed by atoms with Crippen molar-refractivity contribution in [1.29, 1.82) is 0 Å². The van der Waals surface area contributed by atoms with Crippen LogP contribution < -0.4 is 0 Å². The van der Waals surface area contributed by atoms with Gasteiger partial charge in [0, 0.05) is 34.4 Å². The molecule has 4 aromatic rings. The average Bonchev–Trinajstić information content (AvgIpc) is 3.00. The molecular formula is C18H12N2S. The predicted molar refractivity (Wildman–Crippen MR) is 88.3 cm³/mol. The lowest BCUT2D eigenvalue weighted by molar-refractivity contribution is 1.33. The van der Waals surface area contributed by atoms with Crippen LogP contribution in [0, 0.1) is 0 Å². The highest BCUT2D eigenvalue weighted by Crippen LogP contribution is 2.38. The zero-order valence-electron chi connectivity index (χ0n) is 11.2. The van der Waals surface area contributed by atoms with Gasteiger partial charge in [-0.25, -0.2) is 0 Å². The van der Waals surface area contributed by atoms with Crippen molar-refractivity contribution in [3.8, 4) is 21.6 Å². The van der Waals surface area contributed by atoms with Crippen LogP contribution in [0.25, 0.3) is 31.7 Å². The summed E-state index contributed by atoms with van der Waals surface area (Å²) in [7, 11) is 0. The van der Waals surface area contributed by atoms with E-state index in [0.717, 1.165) is 0 Å². The standard InChI is InChI=1S/C18H12N2S/c1-2-15-12-17(14-6-10-20-11-7-14)21-18(15)16(3-1)13-4-8-19-9-5-13/h1-12H. The van der Waals surface area contributed by atoms with Crippen molar-refractivity contribution < 1.29 is 0 Å². The molecule has 0 aliphatic heterocycles. The van der Waals surface area contributed by atoms with Crippen LogP contribution in [0.1, 0.15) is 0 Å². The van der Waals surface area contributed by atoms with Gasteiger partial charge in [0.25, 0.3) is 0 Å². The molecule has 0 atom stereocenters. The van der Waals surface area contributed by atoms with Crippen LogP contribution >= 0.6 is 11.3 Å². The Hall–Kier alpha value is -2.52. The van der Waals surface area contributed by atoms with Crippen LogP contribution in [0.4, 0.5) is 0 Å². The van der Waals surface area contributed by atoms with Gasteiger partial charge in [0.2, 0.25) is 0 Å². The van der Waals surface area contributed by atoms with Crippen molar-refractivity contribution in [2.75, 3.05) is 0 Å². The largest absolute Gasteiger partial charge is 0.265 e. The quantitative estimate of drug-likeness (QED) is 0.517. The maximum Gasteiger partial charge on any atom is 0.0427 e. The van der Waals surface area contributed by atoms with Crippen molar-refractivity contribution in [3.05, 3.63) is 73.3 Å². The van der Waals surface area contributed by atoms with Crippen LogP contribution in [0.5, 0.6) is 0 Å². The lowest BCUT2D eigenvalue weighted by atomic mass is 10.1. The van der Waals surface area contributed by atoms with Crippen molar-refractivity contribution >= 4 is 21.4 Å². The van der Waals surface area contributed by atoms with E-state index < -0.39 is 0 Å². The summed E-state index contributed by atoms with van der Waals surface area (Å²) in [5.41, 5.74) is 3.69. The predicted octanol–water partition coefficient (Wildman–Crippen LogP) is 5.03. The Bertz CT molecular complexity index is 883. The van der Waals surface area contributed by atoms with E-state index in [1.807, 2.05) is 36.1 Å². The first-order valence-corrected chi connectivity index (χ1v) is 7.57. The summed E-state index contributed by atoms with van der Waals surface area (Å²) in [6, 6.07) is 16.9. The molecule has 0 spiro atoms. The summed E-state index contributed by atoms with van der Waals surface area (Å²) >= 11 is 1.82. The second kappa shape index (κ2) is 5.11. The maximum absolute atomic E-state index is 4.10. The minimum Gasteiger partial charge on any atom is -0.265 e. The number of benzene rings is 1. The fourth-order valence-electron chi connectivity index (χ4n) is 2.48. The summed E-state index contributed by atoms with van der Waals surface area (Å²) in [6.45, 7) is 0. The molecule has 0 bridgehead atoms. The van der Waals surface area contributed by atoms with Crippen LogP contribution in [0.2, 0.25) is 0 Å². The third kappa shape index (κ3) is 2.22. The molecule has 0 unspecified atom stereocenters. The molecule has 3 heteroatoms. The first kappa shape index (κ1) is 12.2. The molecule has 0 amide bonds. The summed E-state index contributed by atoms with van der Waals surface area (Å²) in [6.07, 6.45) is 7.35. The van der Waals surface area contributed by atoms with E-state index in [1.165, 1.54) is 31.7 Å². The van der Waals surface area contributed by atoms with Crippen LogP contribution in [0.15, 0.2) is 73.3 Å². The monoisotopic (exact) mass is 288 g/mol. The highest BCUT2D eigenvalue weighted by Gasteiger charge is 2.09. The van der Waals surface area contributed by atoms with E-state index >= 15 is 0 Å². The molecule has 21 heavy (non-hydrogen) atoms. The molecule has 3 aromatic heterocycles. The smallest absolute Gasteiger partial charge is 0.0427 e. The highest BCUT2D eigenvalue weighted by atomic mass is 32.1. The van der Waals surface area contributed by atoms with Crippen molar-refractivity contribution in [2.45, 2.75) is 0 Å². The summed E-state index contributed by atoms with van der Waals surface area (Å²) in [5, 5.41) is 1.28. The van der Waals surface area contributed by atoms with Gasteiger partial charge in [-0.1, -0.05) is 18.2 Å². The normalized spacial score (nSPS) is 10.9. The van der Waals surface area contributed by atoms with E-state index in [2.05, 4.69) is 58.5 Å². The molecule has 0 radical (unpaired) electrons. The zero-order valence-corrected chi connectivity index (χ0v) is 12.0. The van der Waals surface area contributed by atoms with Gasteiger partial charge < -0.3 is 0 Å². The lowest BCUT2D eigenvalue weighted by Crippen LogP contribution is -1.77. The average molecular weight is 288 g/mol. The minimum absolute atomic E-state index is 1.21. The molecule has 0 aliphatic carbocycles. The maximum atomic E-state index is 4.10. The Kier molecular flexibility index (Phi) is 2.98. The van der Waals surface area contributed by atoms with Crippen molar-refractivity contribution in [2.24, 2.45) is 0 Å². The third-order valence-corrected chi connectivity index (χ3v) is 4.73. The molecule has 4 rings (SSSR count). The Labute approximate surface area is 126 Å². The Balaban J connectivity index is 1.93. The fourth-order valence-corrected chi connectivity index (χ4v) is 3.68. The summed E-state index contributed by atoms with van der Waals surface area (Å²) < 4.78 is 1.32. The SMILES string of the molecule is c1cc(-c2ccncc2)c2sc(-c3ccncc3)cc2c1. The number of nitrogens with zero attached hydrogens (tertiary/aromatic N) is 2. The topological polar surface area (TPSA) is 25.8 Å². The van der Waals surface area contributed by atoms with E-state index in [1.54, 1.807) is 0 Å². The molecule has 0 saturated heterocycles. The third-order valence-electron chi connectivity index (χ3n) is 3.50. The summed E-state index contributed by atoms with van der Waals surface area (Å²) in [5.74, 6) is 0. The second-order valence-electron chi connectivity index (χ2n) is 4.81. The molecule has 0 saturated carbocycles. The van der Waals surface area contributed by atoms with Gasteiger partial charge in [-0.3, -0.25) is 9.97 Å². The number of rotatable bonds is 2. The molecule has 0 aliphatic rings. The molecule has 3 heterocycles. The van der Waals surface area contributed by atoms with Crippen LogP contribution in [-0.4, -0.2) is 9.97 Å². The van der Waals surface area contributed by atoms with Gasteiger partial charge in [-0.2, -0.15) is 0 Å². The van der Waals surface area contributed by atoms with E-state index in [9.17, 15) is 0 Å². The van der Waals surface area contributed by atoms with Gasteiger partial charge in [0.05, 0.1) is 0 Å². The van der Waals surface area contributed by atoms with Gasteiger partial charge >= 0.3 is 0 Å². The molecule has 1 aromatic carbocycles. The van der Waals surface area contributed by atoms with Crippen molar-refractivity contribution in [1.82, 2.24) is 9.97 Å². The van der Waals surface area contributed by atoms with E-state index in [4.69, 9.17) is 0 Å². The van der Waals surface area contributed by atoms with E-state index in [0.29, 0.717) is 0 Å². The molecular weight excluding hydrogens is 276 g/mol. The van der Waals surface area contributed by atoms with Crippen LogP contribution in [-0.2, 0) is 0 Å². The van der Waals surface area contributed by atoms with Gasteiger partial charge in [-0.15, -0.1) is 11.3 Å². The number of pyridine rings is 2. The van der Waals surface area contributed by atoms with Gasteiger partial charge in [0.1, 0.15) is 0 Å². The van der Waals surface area contributed by atoms with Gasteiger partial charge in [0.15, 0.2) is 0 Å². The second-order valence-corrected chi connectivity index (χ2v) is 5.86. The van der Waals surface area contributed by atoms with Crippen molar-refractivity contribution in [3.63, 3.8) is 0 Å². The fraction of sp³-hybridized carbons (Fsp3) is 0. The first-order chi connectivity index (χ1) is 10.4. The molecule has 0 N–H and O–H groups in total. The Morgan fingerprint density at radius 2 is 1.38 bits per heavy atom. The molecule has 0 fully saturated rings. The molecule has 100 valence electrons. The molecule has 2 nitrogen and oxygen atoms in total.